The zero-order valence-corrected chi connectivity index (χ0v) is 17.6. The largest absolute Gasteiger partial charge is 0.492 e. The second-order valence-corrected chi connectivity index (χ2v) is 8.11. The third-order valence-electron chi connectivity index (χ3n) is 5.62. The fraction of sp³-hybridized carbons (Fsp3) is 0.304. The minimum atomic E-state index is -4.57. The first-order valence-electron chi connectivity index (χ1n) is 10.1. The van der Waals surface area contributed by atoms with E-state index >= 15 is 0 Å². The molecule has 0 unspecified atom stereocenters. The molecular weight excluding hydrogens is 445 g/mol. The lowest BCUT2D eigenvalue weighted by Gasteiger charge is -2.14. The van der Waals surface area contributed by atoms with Crippen molar-refractivity contribution in [2.45, 2.75) is 37.8 Å². The lowest BCUT2D eigenvalue weighted by Crippen LogP contribution is -2.12. The van der Waals surface area contributed by atoms with E-state index in [4.69, 9.17) is 21.4 Å². The maximum absolute atomic E-state index is 13.5. The molecule has 168 valence electrons. The first kappa shape index (κ1) is 22.2. The van der Waals surface area contributed by atoms with Crippen molar-refractivity contribution in [2.75, 3.05) is 6.61 Å². The van der Waals surface area contributed by atoms with Gasteiger partial charge < -0.3 is 9.84 Å². The topological polar surface area (TPSA) is 75.2 Å². The summed E-state index contributed by atoms with van der Waals surface area (Å²) < 4.78 is 46.2. The number of fused-ring (bicyclic) bond motifs is 1. The summed E-state index contributed by atoms with van der Waals surface area (Å²) in [5, 5.41) is 15.4. The molecule has 0 saturated carbocycles. The normalized spacial score (nSPS) is 15.6. The van der Waals surface area contributed by atoms with Gasteiger partial charge in [0.25, 0.3) is 0 Å². The van der Waals surface area contributed by atoms with E-state index in [9.17, 15) is 18.0 Å². The number of carboxylic acids is 1. The van der Waals surface area contributed by atoms with Crippen LogP contribution in [0.4, 0.5) is 13.2 Å². The standard InChI is InChI=1S/C23H20ClF3N2O3/c24-18-12-17-14(6-7-15(17)11-20(30)31)10-19(18)32-9-8-16-21(13-4-2-1-3-5-13)28-29-22(16)23(25,26)27/h1-5,10,12,15H,6-9,11H2,(H,28,29)(H,30,31)/t15-/m0/s1. The average Bonchev–Trinajstić information content (AvgIpc) is 3.33. The van der Waals surface area contributed by atoms with Gasteiger partial charge in [0.1, 0.15) is 11.4 Å². The maximum Gasteiger partial charge on any atom is 0.433 e. The molecule has 1 atom stereocenters. The van der Waals surface area contributed by atoms with Crippen LogP contribution in [-0.4, -0.2) is 27.9 Å². The van der Waals surface area contributed by atoms with Crippen molar-refractivity contribution >= 4 is 17.6 Å². The molecule has 0 amide bonds. The Morgan fingerprint density at radius 3 is 2.69 bits per heavy atom. The Hall–Kier alpha value is -3.00. The van der Waals surface area contributed by atoms with Gasteiger partial charge in [-0.1, -0.05) is 41.9 Å². The predicted octanol–water partition coefficient (Wildman–Crippen LogP) is 5.87. The van der Waals surface area contributed by atoms with Gasteiger partial charge in [0, 0.05) is 17.5 Å². The summed E-state index contributed by atoms with van der Waals surface area (Å²) in [6.45, 7) is -0.0283. The summed E-state index contributed by atoms with van der Waals surface area (Å²) in [4.78, 5) is 11.1. The molecule has 9 heteroatoms. The highest BCUT2D eigenvalue weighted by molar-refractivity contribution is 6.32. The van der Waals surface area contributed by atoms with Crippen LogP contribution in [0.2, 0.25) is 5.02 Å². The second kappa shape index (κ2) is 8.86. The van der Waals surface area contributed by atoms with Gasteiger partial charge in [0.15, 0.2) is 0 Å². The molecule has 5 nitrogen and oxygen atoms in total. The van der Waals surface area contributed by atoms with Crippen LogP contribution >= 0.6 is 11.6 Å². The Labute approximate surface area is 187 Å². The molecule has 0 fully saturated rings. The number of aromatic amines is 1. The summed E-state index contributed by atoms with van der Waals surface area (Å²) in [7, 11) is 0. The number of ether oxygens (including phenoxy) is 1. The highest BCUT2D eigenvalue weighted by Crippen LogP contribution is 2.41. The third-order valence-corrected chi connectivity index (χ3v) is 5.92. The number of nitrogens with one attached hydrogen (secondary N) is 1. The van der Waals surface area contributed by atoms with E-state index in [1.807, 2.05) is 0 Å². The van der Waals surface area contributed by atoms with Gasteiger partial charge in [-0.05, 0) is 42.0 Å². The Balaban J connectivity index is 1.53. The van der Waals surface area contributed by atoms with Crippen LogP contribution < -0.4 is 4.74 Å². The Morgan fingerprint density at radius 1 is 1.25 bits per heavy atom. The molecule has 1 aliphatic carbocycles. The Morgan fingerprint density at radius 2 is 2.00 bits per heavy atom. The van der Waals surface area contributed by atoms with Gasteiger partial charge in [-0.25, -0.2) is 0 Å². The number of carbonyl (C=O) groups is 1. The fourth-order valence-electron chi connectivity index (χ4n) is 4.17. The Bertz CT molecular complexity index is 1130. The average molecular weight is 465 g/mol. The van der Waals surface area contributed by atoms with E-state index < -0.39 is 17.8 Å². The van der Waals surface area contributed by atoms with Crippen LogP contribution in [-0.2, 0) is 23.8 Å². The van der Waals surface area contributed by atoms with E-state index in [1.54, 1.807) is 42.5 Å². The van der Waals surface area contributed by atoms with Gasteiger partial charge >= 0.3 is 12.1 Å². The molecule has 3 aromatic rings. The SMILES string of the molecule is O=C(O)C[C@@H]1CCc2cc(OCCc3c(-c4ccccc4)n[nH]c3C(F)(F)F)c(Cl)cc21. The van der Waals surface area contributed by atoms with Crippen LogP contribution in [0.15, 0.2) is 42.5 Å². The summed E-state index contributed by atoms with van der Waals surface area (Å²) >= 11 is 6.33. The maximum atomic E-state index is 13.5. The van der Waals surface area contributed by atoms with E-state index in [-0.39, 0.29) is 36.6 Å². The number of halogens is 4. The van der Waals surface area contributed by atoms with Crippen LogP contribution in [0.5, 0.6) is 5.75 Å². The number of aliphatic carboxylic acids is 1. The van der Waals surface area contributed by atoms with Crippen molar-refractivity contribution in [1.29, 1.82) is 0 Å². The van der Waals surface area contributed by atoms with E-state index in [0.717, 1.165) is 11.1 Å². The third kappa shape index (κ3) is 4.60. The van der Waals surface area contributed by atoms with Crippen LogP contribution in [0.1, 0.15) is 41.1 Å². The van der Waals surface area contributed by atoms with Crippen molar-refractivity contribution in [1.82, 2.24) is 10.2 Å². The molecular formula is C23H20ClF3N2O3. The van der Waals surface area contributed by atoms with Crippen molar-refractivity contribution in [3.05, 3.63) is 69.9 Å². The van der Waals surface area contributed by atoms with E-state index in [1.165, 1.54) is 0 Å². The first-order valence-corrected chi connectivity index (χ1v) is 10.5. The lowest BCUT2D eigenvalue weighted by molar-refractivity contribution is -0.142. The summed E-state index contributed by atoms with van der Waals surface area (Å²) in [5.74, 6) is -0.587. The van der Waals surface area contributed by atoms with Gasteiger partial charge in [0.2, 0.25) is 0 Å². The van der Waals surface area contributed by atoms with Crippen molar-refractivity contribution in [2.24, 2.45) is 0 Å². The zero-order valence-electron chi connectivity index (χ0n) is 16.9. The van der Waals surface area contributed by atoms with Gasteiger partial charge in [-0.3, -0.25) is 9.89 Å². The van der Waals surface area contributed by atoms with E-state index in [2.05, 4.69) is 10.2 Å². The monoisotopic (exact) mass is 464 g/mol. The minimum absolute atomic E-state index is 0.0232. The number of rotatable bonds is 7. The summed E-state index contributed by atoms with van der Waals surface area (Å²) in [5.41, 5.74) is 1.80. The lowest BCUT2D eigenvalue weighted by atomic mass is 9.98. The number of H-pyrrole nitrogens is 1. The molecule has 0 spiro atoms. The number of hydrogen-bond donors (Lipinski definition) is 2. The molecule has 1 aliphatic rings. The predicted molar refractivity (Wildman–Crippen MR) is 113 cm³/mol. The smallest absolute Gasteiger partial charge is 0.433 e. The zero-order chi connectivity index (χ0) is 22.9. The molecule has 2 aromatic carbocycles. The number of hydrogen-bond acceptors (Lipinski definition) is 3. The molecule has 0 radical (unpaired) electrons. The molecule has 1 aromatic heterocycles. The van der Waals surface area contributed by atoms with Crippen LogP contribution in [0, 0.1) is 0 Å². The number of aromatic nitrogens is 2. The van der Waals surface area contributed by atoms with Crippen LogP contribution in [0.3, 0.4) is 0 Å². The molecule has 0 aliphatic heterocycles. The van der Waals surface area contributed by atoms with Crippen molar-refractivity contribution < 1.29 is 27.8 Å². The number of benzene rings is 2. The molecule has 4 rings (SSSR count). The number of aryl methyl sites for hydroxylation is 1. The van der Waals surface area contributed by atoms with Crippen molar-refractivity contribution in [3.8, 4) is 17.0 Å². The molecule has 0 bridgehead atoms. The van der Waals surface area contributed by atoms with Crippen LogP contribution in [0.25, 0.3) is 11.3 Å². The second-order valence-electron chi connectivity index (χ2n) is 7.70. The number of nitrogens with zero attached hydrogens (tertiary/aromatic N) is 1. The Kier molecular flexibility index (Phi) is 6.15. The van der Waals surface area contributed by atoms with E-state index in [0.29, 0.717) is 29.2 Å². The van der Waals surface area contributed by atoms with Gasteiger partial charge in [-0.2, -0.15) is 18.3 Å². The summed E-state index contributed by atoms with van der Waals surface area (Å²) in [6, 6.07) is 12.1. The highest BCUT2D eigenvalue weighted by Gasteiger charge is 2.37. The van der Waals surface area contributed by atoms with Gasteiger partial charge in [0.05, 0.1) is 23.7 Å². The quantitative estimate of drug-likeness (QED) is 0.458. The number of alkyl halides is 3. The molecule has 2 N–H and O–H groups in total. The number of carboxylic acid groups (broad SMARTS) is 1. The molecule has 32 heavy (non-hydrogen) atoms. The molecule has 0 saturated heterocycles. The fourth-order valence-corrected chi connectivity index (χ4v) is 4.39. The highest BCUT2D eigenvalue weighted by atomic mass is 35.5. The summed E-state index contributed by atoms with van der Waals surface area (Å²) in [6.07, 6.45) is -3.14. The van der Waals surface area contributed by atoms with Gasteiger partial charge in [-0.15, -0.1) is 0 Å². The minimum Gasteiger partial charge on any atom is -0.492 e. The van der Waals surface area contributed by atoms with Crippen molar-refractivity contribution in [3.63, 3.8) is 0 Å². The first-order chi connectivity index (χ1) is 15.2. The molecule has 1 heterocycles.